The van der Waals surface area contributed by atoms with Crippen LogP contribution in [0.3, 0.4) is 0 Å². The molecule has 0 bridgehead atoms. The summed E-state index contributed by atoms with van der Waals surface area (Å²) in [6.45, 7) is 4.32. The summed E-state index contributed by atoms with van der Waals surface area (Å²) < 4.78 is 5.21. The van der Waals surface area contributed by atoms with Gasteiger partial charge in [0, 0.05) is 4.88 Å². The smallest absolute Gasteiger partial charge is 0.328 e. The van der Waals surface area contributed by atoms with E-state index in [2.05, 4.69) is 4.90 Å². The highest BCUT2D eigenvalue weighted by Crippen LogP contribution is 2.29. The zero-order valence-corrected chi connectivity index (χ0v) is 11.0. The molecule has 0 amide bonds. The highest BCUT2D eigenvalue weighted by Gasteiger charge is 2.30. The van der Waals surface area contributed by atoms with Gasteiger partial charge in [-0.1, -0.05) is 12.5 Å². The Morgan fingerprint density at radius 3 is 2.82 bits per heavy atom. The van der Waals surface area contributed by atoms with Gasteiger partial charge in [-0.2, -0.15) is 0 Å². The van der Waals surface area contributed by atoms with Crippen molar-refractivity contribution < 1.29 is 9.53 Å². The monoisotopic (exact) mass is 253 g/mol. The molecule has 0 aromatic carbocycles. The lowest BCUT2D eigenvalue weighted by molar-refractivity contribution is -0.150. The summed E-state index contributed by atoms with van der Waals surface area (Å²) in [5, 5.41) is 2.02. The first-order valence-electron chi connectivity index (χ1n) is 6.27. The number of thiophene rings is 1. The van der Waals surface area contributed by atoms with Gasteiger partial charge in [0.2, 0.25) is 0 Å². The average molecular weight is 253 g/mol. The van der Waals surface area contributed by atoms with Crippen molar-refractivity contribution >= 4 is 17.3 Å². The number of nitrogens with zero attached hydrogens (tertiary/aromatic N) is 1. The fourth-order valence-corrected chi connectivity index (χ4v) is 3.14. The van der Waals surface area contributed by atoms with Crippen molar-refractivity contribution in [2.45, 2.75) is 32.2 Å². The van der Waals surface area contributed by atoms with Crippen LogP contribution in [0.15, 0.2) is 17.5 Å². The van der Waals surface area contributed by atoms with E-state index in [-0.39, 0.29) is 12.0 Å². The zero-order chi connectivity index (χ0) is 12.1. The number of carbonyl (C=O) groups excluding carboxylic acids is 1. The first kappa shape index (κ1) is 12.6. The maximum absolute atomic E-state index is 12.1. The molecule has 1 aromatic rings. The highest BCUT2D eigenvalue weighted by atomic mass is 32.1. The summed E-state index contributed by atoms with van der Waals surface area (Å²) in [5.74, 6) is -0.100. The number of carbonyl (C=O) groups is 1. The highest BCUT2D eigenvalue weighted by molar-refractivity contribution is 7.10. The molecule has 94 valence electrons. The van der Waals surface area contributed by atoms with Crippen LogP contribution in [0.4, 0.5) is 0 Å². The van der Waals surface area contributed by atoms with E-state index in [1.165, 1.54) is 19.3 Å². The molecule has 0 N–H and O–H groups in total. The first-order valence-corrected chi connectivity index (χ1v) is 7.15. The number of piperidine rings is 1. The molecule has 0 aliphatic carbocycles. The van der Waals surface area contributed by atoms with Crippen molar-refractivity contribution in [3.05, 3.63) is 22.4 Å². The summed E-state index contributed by atoms with van der Waals surface area (Å²) in [6, 6.07) is 3.84. The van der Waals surface area contributed by atoms with E-state index < -0.39 is 0 Å². The van der Waals surface area contributed by atoms with E-state index >= 15 is 0 Å². The van der Waals surface area contributed by atoms with Crippen molar-refractivity contribution in [3.8, 4) is 0 Å². The molecule has 1 saturated heterocycles. The third-order valence-corrected chi connectivity index (χ3v) is 4.00. The lowest BCUT2D eigenvalue weighted by Gasteiger charge is -2.32. The van der Waals surface area contributed by atoms with Gasteiger partial charge in [-0.05, 0) is 44.3 Å². The molecule has 4 heteroatoms. The molecule has 1 aromatic heterocycles. The van der Waals surface area contributed by atoms with Gasteiger partial charge in [0.25, 0.3) is 0 Å². The van der Waals surface area contributed by atoms with Gasteiger partial charge in [0.1, 0.15) is 6.04 Å². The molecule has 0 unspecified atom stereocenters. The normalized spacial score (nSPS) is 18.9. The standard InChI is InChI=1S/C13H19NO2S/c1-2-16-13(15)12(11-7-6-10-17-11)14-8-4-3-5-9-14/h6-7,10,12H,2-5,8-9H2,1H3/t12-/m0/s1. The van der Waals surface area contributed by atoms with Crippen LogP contribution >= 0.6 is 11.3 Å². The molecule has 2 rings (SSSR count). The molecule has 2 heterocycles. The van der Waals surface area contributed by atoms with Crippen LogP contribution in [-0.4, -0.2) is 30.6 Å². The van der Waals surface area contributed by atoms with Gasteiger partial charge in [0.05, 0.1) is 6.61 Å². The molecule has 1 fully saturated rings. The zero-order valence-electron chi connectivity index (χ0n) is 10.2. The minimum absolute atomic E-state index is 0.100. The fraction of sp³-hybridized carbons (Fsp3) is 0.615. The molecule has 0 spiro atoms. The number of hydrogen-bond donors (Lipinski definition) is 0. The Morgan fingerprint density at radius 1 is 1.47 bits per heavy atom. The van der Waals surface area contributed by atoms with Gasteiger partial charge in [-0.3, -0.25) is 4.90 Å². The number of rotatable bonds is 4. The number of esters is 1. The second-order valence-corrected chi connectivity index (χ2v) is 5.25. The van der Waals surface area contributed by atoms with E-state index in [9.17, 15) is 4.79 Å². The topological polar surface area (TPSA) is 29.5 Å². The van der Waals surface area contributed by atoms with E-state index in [0.717, 1.165) is 18.0 Å². The van der Waals surface area contributed by atoms with Gasteiger partial charge in [-0.15, -0.1) is 11.3 Å². The molecule has 1 aliphatic heterocycles. The Balaban J connectivity index is 2.14. The van der Waals surface area contributed by atoms with Crippen molar-refractivity contribution in [2.24, 2.45) is 0 Å². The minimum atomic E-state index is -0.185. The molecular formula is C13H19NO2S. The Morgan fingerprint density at radius 2 is 2.24 bits per heavy atom. The lowest BCUT2D eigenvalue weighted by atomic mass is 10.1. The predicted molar refractivity (Wildman–Crippen MR) is 69.1 cm³/mol. The average Bonchev–Trinajstić information content (AvgIpc) is 2.85. The Hall–Kier alpha value is -0.870. The van der Waals surface area contributed by atoms with Crippen LogP contribution < -0.4 is 0 Å². The van der Waals surface area contributed by atoms with Crippen LogP contribution in [0.25, 0.3) is 0 Å². The second-order valence-electron chi connectivity index (χ2n) is 4.27. The largest absolute Gasteiger partial charge is 0.465 e. The van der Waals surface area contributed by atoms with Crippen molar-refractivity contribution in [1.29, 1.82) is 0 Å². The van der Waals surface area contributed by atoms with Crippen molar-refractivity contribution in [1.82, 2.24) is 4.90 Å². The molecule has 0 radical (unpaired) electrons. The van der Waals surface area contributed by atoms with Crippen LogP contribution in [0, 0.1) is 0 Å². The van der Waals surface area contributed by atoms with Crippen LogP contribution in [0.5, 0.6) is 0 Å². The van der Waals surface area contributed by atoms with E-state index in [4.69, 9.17) is 4.74 Å². The molecule has 1 atom stereocenters. The number of hydrogen-bond acceptors (Lipinski definition) is 4. The van der Waals surface area contributed by atoms with E-state index in [0.29, 0.717) is 6.61 Å². The lowest BCUT2D eigenvalue weighted by Crippen LogP contribution is -2.38. The molecule has 0 saturated carbocycles. The first-order chi connectivity index (χ1) is 8.33. The van der Waals surface area contributed by atoms with Crippen molar-refractivity contribution in [2.75, 3.05) is 19.7 Å². The maximum Gasteiger partial charge on any atom is 0.328 e. The predicted octanol–water partition coefficient (Wildman–Crippen LogP) is 2.84. The van der Waals surface area contributed by atoms with Gasteiger partial charge in [0.15, 0.2) is 0 Å². The molecular weight excluding hydrogens is 234 g/mol. The number of ether oxygens (including phenoxy) is 1. The quantitative estimate of drug-likeness (QED) is 0.773. The molecule has 3 nitrogen and oxygen atoms in total. The van der Waals surface area contributed by atoms with Crippen LogP contribution in [-0.2, 0) is 9.53 Å². The summed E-state index contributed by atoms with van der Waals surface area (Å²) in [5.41, 5.74) is 0. The van der Waals surface area contributed by atoms with Crippen molar-refractivity contribution in [3.63, 3.8) is 0 Å². The maximum atomic E-state index is 12.1. The third-order valence-electron chi connectivity index (χ3n) is 3.08. The number of likely N-dealkylation sites (tertiary alicyclic amines) is 1. The third kappa shape index (κ3) is 3.07. The van der Waals surface area contributed by atoms with Crippen LogP contribution in [0.2, 0.25) is 0 Å². The van der Waals surface area contributed by atoms with Gasteiger partial charge < -0.3 is 4.74 Å². The Kier molecular flexibility index (Phi) is 4.57. The SMILES string of the molecule is CCOC(=O)[C@H](c1cccs1)N1CCCCC1. The van der Waals surface area contributed by atoms with E-state index in [1.54, 1.807) is 11.3 Å². The minimum Gasteiger partial charge on any atom is -0.465 e. The Labute approximate surface area is 106 Å². The van der Waals surface area contributed by atoms with Gasteiger partial charge >= 0.3 is 5.97 Å². The summed E-state index contributed by atoms with van der Waals surface area (Å²) >= 11 is 1.64. The molecule has 17 heavy (non-hydrogen) atoms. The summed E-state index contributed by atoms with van der Waals surface area (Å²) in [4.78, 5) is 15.4. The summed E-state index contributed by atoms with van der Waals surface area (Å²) in [7, 11) is 0. The van der Waals surface area contributed by atoms with Gasteiger partial charge in [-0.25, -0.2) is 4.79 Å². The fourth-order valence-electron chi connectivity index (χ4n) is 2.29. The molecule has 1 aliphatic rings. The van der Waals surface area contributed by atoms with E-state index in [1.807, 2.05) is 24.4 Å². The summed E-state index contributed by atoms with van der Waals surface area (Å²) in [6.07, 6.45) is 3.64. The second kappa shape index (κ2) is 6.17. The Bertz CT molecular complexity index is 344. The van der Waals surface area contributed by atoms with Crippen LogP contribution in [0.1, 0.15) is 37.1 Å².